The van der Waals surface area contributed by atoms with E-state index in [-0.39, 0.29) is 24.4 Å². The van der Waals surface area contributed by atoms with Crippen molar-refractivity contribution in [3.05, 3.63) is 53.1 Å². The summed E-state index contributed by atoms with van der Waals surface area (Å²) in [6.07, 6.45) is 0.445. The summed E-state index contributed by atoms with van der Waals surface area (Å²) in [7, 11) is 1.78. The molecule has 29 heavy (non-hydrogen) atoms. The number of benzene rings is 2. The molecule has 0 saturated carbocycles. The summed E-state index contributed by atoms with van der Waals surface area (Å²) >= 11 is 5.99. The van der Waals surface area contributed by atoms with Gasteiger partial charge in [-0.15, -0.1) is 0 Å². The summed E-state index contributed by atoms with van der Waals surface area (Å²) in [4.78, 5) is 30.4. The Labute approximate surface area is 176 Å². The van der Waals surface area contributed by atoms with E-state index in [0.717, 1.165) is 34.2 Å². The number of halogens is 1. The Balaban J connectivity index is 1.33. The lowest BCUT2D eigenvalue weighted by molar-refractivity contribution is -0.130. The third-order valence-corrected chi connectivity index (χ3v) is 6.00. The second-order valence-electron chi connectivity index (χ2n) is 7.69. The van der Waals surface area contributed by atoms with Gasteiger partial charge in [0.05, 0.1) is 13.0 Å². The van der Waals surface area contributed by atoms with E-state index in [9.17, 15) is 9.59 Å². The van der Waals surface area contributed by atoms with Gasteiger partial charge in [0, 0.05) is 54.8 Å². The van der Waals surface area contributed by atoms with Gasteiger partial charge in [-0.05, 0) is 48.9 Å². The van der Waals surface area contributed by atoms with Crippen LogP contribution in [0.1, 0.15) is 12.5 Å². The molecule has 6 nitrogen and oxygen atoms in total. The van der Waals surface area contributed by atoms with Gasteiger partial charge < -0.3 is 20.0 Å². The van der Waals surface area contributed by atoms with E-state index in [1.165, 1.54) is 0 Å². The average Bonchev–Trinajstić information content (AvgIpc) is 3.00. The van der Waals surface area contributed by atoms with Crippen molar-refractivity contribution in [1.82, 2.24) is 4.90 Å². The molecule has 1 atom stereocenters. The zero-order chi connectivity index (χ0) is 20.5. The molecular formula is C22H25ClN4O2. The topological polar surface area (TPSA) is 55.9 Å². The average molecular weight is 413 g/mol. The van der Waals surface area contributed by atoms with Crippen LogP contribution in [0.2, 0.25) is 5.02 Å². The second kappa shape index (κ2) is 7.95. The number of hydrogen-bond acceptors (Lipinski definition) is 4. The van der Waals surface area contributed by atoms with Gasteiger partial charge in [-0.1, -0.05) is 17.7 Å². The molecule has 1 fully saturated rings. The third kappa shape index (κ3) is 4.03. The van der Waals surface area contributed by atoms with E-state index in [1.54, 1.807) is 11.9 Å². The Morgan fingerprint density at radius 3 is 2.66 bits per heavy atom. The lowest BCUT2D eigenvalue weighted by atomic mass is 10.1. The van der Waals surface area contributed by atoms with Gasteiger partial charge in [-0.3, -0.25) is 9.59 Å². The van der Waals surface area contributed by atoms with Crippen LogP contribution in [-0.2, 0) is 16.0 Å². The van der Waals surface area contributed by atoms with Gasteiger partial charge in [-0.25, -0.2) is 0 Å². The minimum Gasteiger partial charge on any atom is -0.376 e. The Bertz CT molecular complexity index is 931. The van der Waals surface area contributed by atoms with Gasteiger partial charge in [0.25, 0.3) is 0 Å². The zero-order valence-corrected chi connectivity index (χ0v) is 17.4. The molecule has 2 aromatic carbocycles. The predicted octanol–water partition coefficient (Wildman–Crippen LogP) is 3.01. The number of rotatable bonds is 4. The maximum atomic E-state index is 12.7. The molecule has 1 N–H and O–H groups in total. The van der Waals surface area contributed by atoms with Crippen LogP contribution in [0.25, 0.3) is 0 Å². The number of piperazine rings is 1. The van der Waals surface area contributed by atoms with Gasteiger partial charge in [0.15, 0.2) is 0 Å². The minimum atomic E-state index is 0.0811. The van der Waals surface area contributed by atoms with Crippen molar-refractivity contribution in [2.24, 2.45) is 0 Å². The number of fused-ring (bicyclic) bond motifs is 1. The van der Waals surface area contributed by atoms with Gasteiger partial charge in [0.1, 0.15) is 0 Å². The fraction of sp³-hybridized carbons (Fsp3) is 0.364. The van der Waals surface area contributed by atoms with Crippen molar-refractivity contribution >= 4 is 40.5 Å². The molecule has 2 heterocycles. The molecule has 2 amide bonds. The predicted molar refractivity (Wildman–Crippen MR) is 117 cm³/mol. The normalized spacial score (nSPS) is 18.8. The first-order valence-corrected chi connectivity index (χ1v) is 10.2. The van der Waals surface area contributed by atoms with Gasteiger partial charge >= 0.3 is 0 Å². The molecule has 2 aliphatic heterocycles. The molecule has 0 bridgehead atoms. The Morgan fingerprint density at radius 2 is 1.93 bits per heavy atom. The Morgan fingerprint density at radius 1 is 1.17 bits per heavy atom. The van der Waals surface area contributed by atoms with E-state index in [4.69, 9.17) is 11.6 Å². The minimum absolute atomic E-state index is 0.0811. The molecular weight excluding hydrogens is 388 g/mol. The van der Waals surface area contributed by atoms with Crippen LogP contribution >= 0.6 is 11.6 Å². The highest BCUT2D eigenvalue weighted by atomic mass is 35.5. The highest BCUT2D eigenvalue weighted by Crippen LogP contribution is 2.30. The number of likely N-dealkylation sites (N-methyl/N-ethyl adjacent to an activating group) is 1. The summed E-state index contributed by atoms with van der Waals surface area (Å²) in [6.45, 7) is 4.54. The van der Waals surface area contributed by atoms with Crippen molar-refractivity contribution in [3.63, 3.8) is 0 Å². The van der Waals surface area contributed by atoms with Crippen LogP contribution < -0.4 is 15.1 Å². The molecule has 7 heteroatoms. The number of anilines is 3. The molecule has 0 radical (unpaired) electrons. The van der Waals surface area contributed by atoms with Crippen molar-refractivity contribution in [3.8, 4) is 0 Å². The first-order valence-electron chi connectivity index (χ1n) is 9.85. The largest absolute Gasteiger partial charge is 0.376 e. The van der Waals surface area contributed by atoms with Crippen molar-refractivity contribution < 1.29 is 9.59 Å². The summed E-state index contributed by atoms with van der Waals surface area (Å²) in [5.41, 5.74) is 3.93. The van der Waals surface area contributed by atoms with E-state index < -0.39 is 0 Å². The first-order chi connectivity index (χ1) is 13.9. The van der Waals surface area contributed by atoms with Crippen LogP contribution in [0.4, 0.5) is 17.1 Å². The molecule has 2 aliphatic rings. The number of carbonyl (C=O) groups is 2. The van der Waals surface area contributed by atoms with Crippen LogP contribution in [0.3, 0.4) is 0 Å². The summed E-state index contributed by atoms with van der Waals surface area (Å²) in [5, 5.41) is 3.94. The van der Waals surface area contributed by atoms with Crippen LogP contribution in [0.15, 0.2) is 42.5 Å². The van der Waals surface area contributed by atoms with Gasteiger partial charge in [-0.2, -0.15) is 0 Å². The molecule has 0 aliphatic carbocycles. The fourth-order valence-corrected chi connectivity index (χ4v) is 4.17. The number of nitrogens with zero attached hydrogens (tertiary/aromatic N) is 3. The monoisotopic (exact) mass is 412 g/mol. The molecule has 4 rings (SSSR count). The molecule has 2 aromatic rings. The molecule has 152 valence electrons. The van der Waals surface area contributed by atoms with E-state index in [0.29, 0.717) is 19.5 Å². The van der Waals surface area contributed by atoms with E-state index >= 15 is 0 Å². The Kier molecular flexibility index (Phi) is 5.37. The molecule has 1 saturated heterocycles. The van der Waals surface area contributed by atoms with Gasteiger partial charge in [0.2, 0.25) is 11.8 Å². The van der Waals surface area contributed by atoms with E-state index in [1.807, 2.05) is 47.4 Å². The summed E-state index contributed by atoms with van der Waals surface area (Å²) in [5.74, 6) is 0.179. The summed E-state index contributed by atoms with van der Waals surface area (Å²) in [6, 6.07) is 13.9. The standard InChI is InChI=1S/C22H25ClN4O2/c1-15-14-26(9-10-27(15)19-7-4-17(23)5-8-19)22(29)13-24-18-6-3-16-11-21(28)25(2)20(16)12-18/h3-8,12,15,24H,9-11,13-14H2,1-2H3/t15-/m1/s1. The number of carbonyl (C=O) groups excluding carboxylic acids is 2. The maximum Gasteiger partial charge on any atom is 0.242 e. The second-order valence-corrected chi connectivity index (χ2v) is 8.12. The zero-order valence-electron chi connectivity index (χ0n) is 16.7. The van der Waals surface area contributed by atoms with Crippen molar-refractivity contribution in [1.29, 1.82) is 0 Å². The third-order valence-electron chi connectivity index (χ3n) is 5.74. The number of nitrogens with one attached hydrogen (secondary N) is 1. The maximum absolute atomic E-state index is 12.7. The lowest BCUT2D eigenvalue weighted by Crippen LogP contribution is -2.54. The molecule has 0 aromatic heterocycles. The number of hydrogen-bond donors (Lipinski definition) is 1. The highest BCUT2D eigenvalue weighted by molar-refractivity contribution is 6.30. The molecule has 0 spiro atoms. The molecule has 0 unspecified atom stereocenters. The first kappa shape index (κ1) is 19.6. The quantitative estimate of drug-likeness (QED) is 0.838. The SMILES string of the molecule is C[C@@H]1CN(C(=O)CNc2ccc3c(c2)N(C)C(=O)C3)CCN1c1ccc(Cl)cc1. The lowest BCUT2D eigenvalue weighted by Gasteiger charge is -2.41. The van der Waals surface area contributed by atoms with Crippen molar-refractivity contribution in [2.45, 2.75) is 19.4 Å². The Hall–Kier alpha value is -2.73. The van der Waals surface area contributed by atoms with Crippen molar-refractivity contribution in [2.75, 3.05) is 48.3 Å². The van der Waals surface area contributed by atoms with Crippen LogP contribution in [-0.4, -0.2) is 56.0 Å². The van der Waals surface area contributed by atoms with Crippen LogP contribution in [0.5, 0.6) is 0 Å². The fourth-order valence-electron chi connectivity index (χ4n) is 4.04. The smallest absolute Gasteiger partial charge is 0.242 e. The highest BCUT2D eigenvalue weighted by Gasteiger charge is 2.27. The van der Waals surface area contributed by atoms with E-state index in [2.05, 4.69) is 17.1 Å². The number of amides is 2. The summed E-state index contributed by atoms with van der Waals surface area (Å²) < 4.78 is 0. The van der Waals surface area contributed by atoms with Crippen LogP contribution in [0, 0.1) is 0 Å².